The number of rotatable bonds is 7. The van der Waals surface area contributed by atoms with Crippen LogP contribution in [0.3, 0.4) is 0 Å². The molecule has 4 aromatic rings. The second kappa shape index (κ2) is 12.2. The Morgan fingerprint density at radius 1 is 1.12 bits per heavy atom. The van der Waals surface area contributed by atoms with Gasteiger partial charge in [-0.2, -0.15) is 0 Å². The molecule has 7 nitrogen and oxygen atoms in total. The van der Waals surface area contributed by atoms with Crippen LogP contribution in [0.15, 0.2) is 53.5 Å². The topological polar surface area (TPSA) is 104 Å². The van der Waals surface area contributed by atoms with Crippen LogP contribution in [0.5, 0.6) is 0 Å². The van der Waals surface area contributed by atoms with E-state index in [0.717, 1.165) is 65.8 Å². The fourth-order valence-corrected chi connectivity index (χ4v) is 7.53. The molecule has 2 aliphatic rings. The maximum Gasteiger partial charge on any atom is 0.271 e. The van der Waals surface area contributed by atoms with Crippen molar-refractivity contribution in [2.24, 2.45) is 11.3 Å². The molecule has 1 aliphatic heterocycles. The monoisotopic (exact) mass is 597 g/mol. The quantitative estimate of drug-likeness (QED) is 0.219. The number of hydrogen-bond donors (Lipinski definition) is 3. The Morgan fingerprint density at radius 3 is 2.60 bits per heavy atom. The van der Waals surface area contributed by atoms with Crippen LogP contribution in [-0.4, -0.2) is 40.4 Å². The smallest absolute Gasteiger partial charge is 0.271 e. The number of nitrogen functional groups attached to an aromatic ring is 1. The van der Waals surface area contributed by atoms with Crippen molar-refractivity contribution in [1.29, 1.82) is 0 Å². The summed E-state index contributed by atoms with van der Waals surface area (Å²) in [6.07, 6.45) is 9.52. The summed E-state index contributed by atoms with van der Waals surface area (Å²) in [5.74, 6) is 0.601. The molecule has 4 heterocycles. The number of nitrogens with zero attached hydrogens (tertiary/aromatic N) is 2. The number of H-pyrrole nitrogens is 1. The van der Waals surface area contributed by atoms with Crippen molar-refractivity contribution < 1.29 is 4.79 Å². The average molecular weight is 598 g/mol. The summed E-state index contributed by atoms with van der Waals surface area (Å²) in [4.78, 5) is 37.3. The number of nitrogens with two attached hydrogens (primary N) is 1. The minimum atomic E-state index is -0.286. The Morgan fingerprint density at radius 2 is 1.88 bits per heavy atom. The van der Waals surface area contributed by atoms with Crippen LogP contribution in [0, 0.1) is 11.3 Å². The van der Waals surface area contributed by atoms with Crippen molar-refractivity contribution in [3.63, 3.8) is 0 Å². The number of piperidine rings is 1. The summed E-state index contributed by atoms with van der Waals surface area (Å²) in [5, 5.41) is 4.44. The maximum absolute atomic E-state index is 13.7. The van der Waals surface area contributed by atoms with E-state index in [-0.39, 0.29) is 28.6 Å². The van der Waals surface area contributed by atoms with E-state index in [4.69, 9.17) is 10.7 Å². The first-order valence-corrected chi connectivity index (χ1v) is 16.5. The van der Waals surface area contributed by atoms with E-state index < -0.39 is 0 Å². The lowest BCUT2D eigenvalue weighted by Gasteiger charge is -2.34. The van der Waals surface area contributed by atoms with Gasteiger partial charge in [0.05, 0.1) is 16.6 Å². The number of thiophene rings is 1. The van der Waals surface area contributed by atoms with E-state index in [9.17, 15) is 9.59 Å². The Bertz CT molecular complexity index is 1660. The van der Waals surface area contributed by atoms with E-state index in [1.165, 1.54) is 48.3 Å². The molecule has 226 valence electrons. The molecule has 3 aromatic heterocycles. The summed E-state index contributed by atoms with van der Waals surface area (Å²) >= 11 is 1.50. The van der Waals surface area contributed by atoms with Gasteiger partial charge in [-0.05, 0) is 97.8 Å². The highest BCUT2D eigenvalue weighted by atomic mass is 32.1. The zero-order valence-corrected chi connectivity index (χ0v) is 26.4. The van der Waals surface area contributed by atoms with Crippen molar-refractivity contribution in [3.8, 4) is 11.1 Å². The van der Waals surface area contributed by atoms with E-state index in [1.54, 1.807) is 12.3 Å². The van der Waals surface area contributed by atoms with Crippen molar-refractivity contribution in [2.45, 2.75) is 71.8 Å². The number of fused-ring (bicyclic) bond motifs is 2. The first-order valence-electron chi connectivity index (χ1n) is 15.7. The molecule has 2 atom stereocenters. The van der Waals surface area contributed by atoms with Crippen LogP contribution in [0.1, 0.15) is 85.4 Å². The van der Waals surface area contributed by atoms with Gasteiger partial charge in [0.15, 0.2) is 0 Å². The average Bonchev–Trinajstić information content (AvgIpc) is 3.42. The molecule has 8 heteroatoms. The van der Waals surface area contributed by atoms with Gasteiger partial charge in [-0.1, -0.05) is 51.5 Å². The normalized spacial score (nSPS) is 18.3. The second-order valence-corrected chi connectivity index (χ2v) is 14.4. The van der Waals surface area contributed by atoms with Crippen LogP contribution in [0.4, 0.5) is 5.69 Å². The molecular formula is C35H43N5O2S. The highest BCUT2D eigenvalue weighted by Gasteiger charge is 2.30. The number of hydrogen-bond acceptors (Lipinski definition) is 6. The van der Waals surface area contributed by atoms with Crippen LogP contribution >= 0.6 is 11.3 Å². The fourth-order valence-electron chi connectivity index (χ4n) is 6.60. The third-order valence-corrected chi connectivity index (χ3v) is 10.4. The lowest BCUT2D eigenvalue weighted by atomic mass is 9.71. The predicted molar refractivity (Wildman–Crippen MR) is 177 cm³/mol. The Balaban J connectivity index is 1.22. The second-order valence-electron chi connectivity index (χ2n) is 13.4. The maximum atomic E-state index is 13.7. The SMILES string of the molecule is CC(C)(C)C1CCc2nc3sc(C(=O)N[C@H](CCN4CCCCC4)c4ccc(-c5c[nH]c(=O)c(N)c5)cc4)cc3cc2C1. The first kappa shape index (κ1) is 29.6. The standard InChI is InChI=1S/C35H43N5O2S/c1-35(2,3)27-11-12-29-24(18-27)17-25-20-31(43-34(25)39-29)33(42)38-30(13-16-40-14-5-4-6-15-40)23-9-7-22(8-10-23)26-19-28(36)32(41)37-21-26/h7-10,17,19-21,27,30H,4-6,11-16,18,36H2,1-3H3,(H,37,41)(H,38,42)/t27?,30-/m1/s1. The number of nitrogens with one attached hydrogen (secondary N) is 2. The minimum absolute atomic E-state index is 0.0466. The number of aryl methyl sites for hydroxylation is 1. The molecular weight excluding hydrogens is 554 g/mol. The molecule has 1 saturated heterocycles. The molecule has 1 fully saturated rings. The van der Waals surface area contributed by atoms with Crippen molar-refractivity contribution in [1.82, 2.24) is 20.2 Å². The Hall–Kier alpha value is -3.49. The van der Waals surface area contributed by atoms with Gasteiger partial charge in [-0.25, -0.2) is 4.98 Å². The molecule has 4 N–H and O–H groups in total. The molecule has 1 amide bonds. The van der Waals surface area contributed by atoms with Gasteiger partial charge in [-0.15, -0.1) is 11.3 Å². The largest absolute Gasteiger partial charge is 0.394 e. The molecule has 0 spiro atoms. The molecule has 1 aromatic carbocycles. The Kier molecular flexibility index (Phi) is 8.42. The number of aromatic nitrogens is 2. The first-order chi connectivity index (χ1) is 20.6. The molecule has 0 saturated carbocycles. The molecule has 0 radical (unpaired) electrons. The summed E-state index contributed by atoms with van der Waals surface area (Å²) in [6.45, 7) is 10.2. The summed E-state index contributed by atoms with van der Waals surface area (Å²) in [7, 11) is 0. The third-order valence-electron chi connectivity index (χ3n) is 9.39. The summed E-state index contributed by atoms with van der Waals surface area (Å²) in [6, 6.07) is 14.1. The zero-order valence-electron chi connectivity index (χ0n) is 25.5. The number of likely N-dealkylation sites (tertiary alicyclic amines) is 1. The van der Waals surface area contributed by atoms with Crippen LogP contribution < -0.4 is 16.6 Å². The molecule has 1 aliphatic carbocycles. The molecule has 0 bridgehead atoms. The molecule has 43 heavy (non-hydrogen) atoms. The van der Waals surface area contributed by atoms with Crippen molar-refractivity contribution in [3.05, 3.63) is 80.7 Å². The number of benzene rings is 1. The van der Waals surface area contributed by atoms with E-state index in [0.29, 0.717) is 10.8 Å². The highest BCUT2D eigenvalue weighted by molar-refractivity contribution is 7.20. The number of anilines is 1. The van der Waals surface area contributed by atoms with Crippen LogP contribution in [0.25, 0.3) is 21.3 Å². The van der Waals surface area contributed by atoms with Gasteiger partial charge >= 0.3 is 0 Å². The van der Waals surface area contributed by atoms with Gasteiger partial charge in [0.2, 0.25) is 0 Å². The number of pyridine rings is 2. The van der Waals surface area contributed by atoms with E-state index >= 15 is 0 Å². The Labute approximate surface area is 257 Å². The van der Waals surface area contributed by atoms with E-state index in [2.05, 4.69) is 54.2 Å². The number of amides is 1. The van der Waals surface area contributed by atoms with Gasteiger partial charge < -0.3 is 20.9 Å². The highest BCUT2D eigenvalue weighted by Crippen LogP contribution is 2.38. The summed E-state index contributed by atoms with van der Waals surface area (Å²) in [5.41, 5.74) is 11.4. The number of aromatic amines is 1. The lowest BCUT2D eigenvalue weighted by Crippen LogP contribution is -2.35. The zero-order chi connectivity index (χ0) is 30.1. The van der Waals surface area contributed by atoms with Crippen molar-refractivity contribution >= 4 is 33.1 Å². The van der Waals surface area contributed by atoms with Gasteiger partial charge in [0.25, 0.3) is 11.5 Å². The molecule has 6 rings (SSSR count). The van der Waals surface area contributed by atoms with Gasteiger partial charge in [0.1, 0.15) is 4.83 Å². The number of carbonyl (C=O) groups excluding carboxylic acids is 1. The predicted octanol–water partition coefficient (Wildman–Crippen LogP) is 6.73. The lowest BCUT2D eigenvalue weighted by molar-refractivity contribution is 0.0934. The fraction of sp³-hybridized carbons (Fsp3) is 0.457. The van der Waals surface area contributed by atoms with Crippen LogP contribution in [-0.2, 0) is 12.8 Å². The van der Waals surface area contributed by atoms with Gasteiger partial charge in [-0.3, -0.25) is 9.59 Å². The summed E-state index contributed by atoms with van der Waals surface area (Å²) < 4.78 is 0. The van der Waals surface area contributed by atoms with Crippen LogP contribution in [0.2, 0.25) is 0 Å². The van der Waals surface area contributed by atoms with Gasteiger partial charge in [0, 0.05) is 29.4 Å². The molecule has 1 unspecified atom stereocenters. The van der Waals surface area contributed by atoms with Crippen molar-refractivity contribution in [2.75, 3.05) is 25.4 Å². The van der Waals surface area contributed by atoms with E-state index in [1.807, 2.05) is 18.2 Å². The minimum Gasteiger partial charge on any atom is -0.394 e. The number of carbonyl (C=O) groups is 1. The third kappa shape index (κ3) is 6.70.